The van der Waals surface area contributed by atoms with E-state index in [0.29, 0.717) is 25.9 Å². The summed E-state index contributed by atoms with van der Waals surface area (Å²) in [5.74, 6) is -0.953. The molecule has 0 aromatic heterocycles. The number of rotatable bonds is 4. The van der Waals surface area contributed by atoms with Crippen molar-refractivity contribution in [3.05, 3.63) is 0 Å². The predicted molar refractivity (Wildman–Crippen MR) is 64.7 cm³/mol. The molecule has 0 radical (unpaired) electrons. The molecular formula is C12H22N2O3. The Kier molecular flexibility index (Phi) is 4.51. The number of nitrogens with zero attached hydrogens (tertiary/aromatic N) is 1. The van der Waals surface area contributed by atoms with E-state index in [1.807, 2.05) is 20.8 Å². The van der Waals surface area contributed by atoms with Crippen molar-refractivity contribution in [3.8, 4) is 0 Å². The molecule has 17 heavy (non-hydrogen) atoms. The third-order valence-corrected chi connectivity index (χ3v) is 2.85. The van der Waals surface area contributed by atoms with Gasteiger partial charge in [-0.2, -0.15) is 0 Å². The van der Waals surface area contributed by atoms with Gasteiger partial charge >= 0.3 is 5.97 Å². The van der Waals surface area contributed by atoms with Crippen LogP contribution in [0.2, 0.25) is 0 Å². The molecule has 5 heteroatoms. The van der Waals surface area contributed by atoms with Crippen LogP contribution in [0.5, 0.6) is 0 Å². The quantitative estimate of drug-likeness (QED) is 0.766. The second-order valence-corrected chi connectivity index (χ2v) is 5.51. The molecule has 5 nitrogen and oxygen atoms in total. The standard InChI is InChI=1S/C12H22N2O3/c1-12(2,3)13-7-6-10(15)14-8-4-5-9(14)11(16)17/h9,13H,4-8H2,1-3H3,(H,16,17). The molecule has 1 saturated heterocycles. The first kappa shape index (κ1) is 14.0. The van der Waals surface area contributed by atoms with Crippen LogP contribution in [0.1, 0.15) is 40.0 Å². The molecule has 0 aromatic carbocycles. The SMILES string of the molecule is CC(C)(C)NCCC(=O)N1CCCC1C(=O)O. The van der Waals surface area contributed by atoms with Gasteiger partial charge < -0.3 is 15.3 Å². The number of carbonyl (C=O) groups excluding carboxylic acids is 1. The minimum absolute atomic E-state index is 0.0164. The Bertz CT molecular complexity index is 297. The maximum atomic E-state index is 11.9. The average molecular weight is 242 g/mol. The van der Waals surface area contributed by atoms with Crippen molar-refractivity contribution in [3.63, 3.8) is 0 Å². The zero-order valence-corrected chi connectivity index (χ0v) is 10.8. The molecule has 1 unspecified atom stereocenters. The van der Waals surface area contributed by atoms with Crippen molar-refractivity contribution >= 4 is 11.9 Å². The summed E-state index contributed by atoms with van der Waals surface area (Å²) in [5.41, 5.74) is -0.0164. The van der Waals surface area contributed by atoms with Crippen LogP contribution in [0.25, 0.3) is 0 Å². The highest BCUT2D eigenvalue weighted by Gasteiger charge is 2.33. The lowest BCUT2D eigenvalue weighted by Crippen LogP contribution is -2.43. The minimum atomic E-state index is -0.889. The van der Waals surface area contributed by atoms with Crippen LogP contribution >= 0.6 is 0 Å². The summed E-state index contributed by atoms with van der Waals surface area (Å²) in [6, 6.07) is -0.614. The minimum Gasteiger partial charge on any atom is -0.480 e. The van der Waals surface area contributed by atoms with Crippen LogP contribution in [0, 0.1) is 0 Å². The van der Waals surface area contributed by atoms with Gasteiger partial charge in [-0.05, 0) is 33.6 Å². The first-order chi connectivity index (χ1) is 7.81. The highest BCUT2D eigenvalue weighted by Crippen LogP contribution is 2.18. The fourth-order valence-electron chi connectivity index (χ4n) is 2.01. The van der Waals surface area contributed by atoms with Gasteiger partial charge in [0.05, 0.1) is 0 Å². The van der Waals surface area contributed by atoms with Gasteiger partial charge in [0.1, 0.15) is 6.04 Å². The highest BCUT2D eigenvalue weighted by molar-refractivity contribution is 5.84. The number of likely N-dealkylation sites (tertiary alicyclic amines) is 1. The first-order valence-corrected chi connectivity index (χ1v) is 6.08. The van der Waals surface area contributed by atoms with Crippen LogP contribution < -0.4 is 5.32 Å². The number of carboxylic acids is 1. The van der Waals surface area contributed by atoms with Gasteiger partial charge in [0.15, 0.2) is 0 Å². The third kappa shape index (κ3) is 4.34. The van der Waals surface area contributed by atoms with Crippen LogP contribution in [0.15, 0.2) is 0 Å². The van der Waals surface area contributed by atoms with Gasteiger partial charge in [-0.15, -0.1) is 0 Å². The van der Waals surface area contributed by atoms with E-state index in [2.05, 4.69) is 5.32 Å². The summed E-state index contributed by atoms with van der Waals surface area (Å²) in [7, 11) is 0. The van der Waals surface area contributed by atoms with Crippen LogP contribution in [-0.4, -0.2) is 46.6 Å². The molecule has 1 aliphatic heterocycles. The number of amides is 1. The van der Waals surface area contributed by atoms with Crippen molar-refractivity contribution in [1.82, 2.24) is 10.2 Å². The summed E-state index contributed by atoms with van der Waals surface area (Å²) in [5, 5.41) is 12.2. The lowest BCUT2D eigenvalue weighted by Gasteiger charge is -2.24. The number of carbonyl (C=O) groups is 2. The maximum Gasteiger partial charge on any atom is 0.326 e. The fourth-order valence-corrected chi connectivity index (χ4v) is 2.01. The van der Waals surface area contributed by atoms with Crippen molar-refractivity contribution in [1.29, 1.82) is 0 Å². The van der Waals surface area contributed by atoms with Crippen molar-refractivity contribution in [2.45, 2.75) is 51.6 Å². The van der Waals surface area contributed by atoms with Gasteiger partial charge in [0, 0.05) is 25.0 Å². The lowest BCUT2D eigenvalue weighted by molar-refractivity contribution is -0.148. The zero-order valence-electron chi connectivity index (χ0n) is 10.8. The lowest BCUT2D eigenvalue weighted by atomic mass is 10.1. The smallest absolute Gasteiger partial charge is 0.326 e. The second-order valence-electron chi connectivity index (χ2n) is 5.51. The van der Waals surface area contributed by atoms with E-state index >= 15 is 0 Å². The molecular weight excluding hydrogens is 220 g/mol. The summed E-state index contributed by atoms with van der Waals surface area (Å²) >= 11 is 0. The topological polar surface area (TPSA) is 69.6 Å². The number of hydrogen-bond acceptors (Lipinski definition) is 3. The highest BCUT2D eigenvalue weighted by atomic mass is 16.4. The monoisotopic (exact) mass is 242 g/mol. The Morgan fingerprint density at radius 3 is 2.59 bits per heavy atom. The Balaban J connectivity index is 2.40. The number of nitrogens with one attached hydrogen (secondary N) is 1. The third-order valence-electron chi connectivity index (χ3n) is 2.85. The largest absolute Gasteiger partial charge is 0.480 e. The molecule has 0 bridgehead atoms. The second kappa shape index (κ2) is 5.49. The molecule has 0 saturated carbocycles. The Morgan fingerprint density at radius 1 is 1.41 bits per heavy atom. The van der Waals surface area contributed by atoms with E-state index in [4.69, 9.17) is 5.11 Å². The summed E-state index contributed by atoms with van der Waals surface area (Å²) in [6.07, 6.45) is 1.73. The maximum absolute atomic E-state index is 11.9. The molecule has 0 aromatic rings. The van der Waals surface area contributed by atoms with Crippen LogP contribution in [0.3, 0.4) is 0 Å². The van der Waals surface area contributed by atoms with Gasteiger partial charge in [0.2, 0.25) is 5.91 Å². The van der Waals surface area contributed by atoms with Crippen LogP contribution in [0.4, 0.5) is 0 Å². The summed E-state index contributed by atoms with van der Waals surface area (Å²) in [6.45, 7) is 7.27. The first-order valence-electron chi connectivity index (χ1n) is 6.08. The predicted octanol–water partition coefficient (Wildman–Crippen LogP) is 0.840. The molecule has 0 aliphatic carbocycles. The van der Waals surface area contributed by atoms with E-state index < -0.39 is 12.0 Å². The van der Waals surface area contributed by atoms with Crippen LogP contribution in [-0.2, 0) is 9.59 Å². The molecule has 1 heterocycles. The molecule has 1 fully saturated rings. The Hall–Kier alpha value is -1.10. The van der Waals surface area contributed by atoms with E-state index in [1.165, 1.54) is 4.90 Å². The van der Waals surface area contributed by atoms with Gasteiger partial charge in [-0.1, -0.05) is 0 Å². The van der Waals surface area contributed by atoms with E-state index in [-0.39, 0.29) is 11.4 Å². The molecule has 1 aliphatic rings. The molecule has 1 atom stereocenters. The molecule has 0 spiro atoms. The van der Waals surface area contributed by atoms with E-state index in [9.17, 15) is 9.59 Å². The van der Waals surface area contributed by atoms with Crippen molar-refractivity contribution in [2.24, 2.45) is 0 Å². The summed E-state index contributed by atoms with van der Waals surface area (Å²) < 4.78 is 0. The normalized spacial score (nSPS) is 20.6. The number of carboxylic acid groups (broad SMARTS) is 1. The summed E-state index contributed by atoms with van der Waals surface area (Å²) in [4.78, 5) is 24.3. The van der Waals surface area contributed by atoms with Gasteiger partial charge in [-0.25, -0.2) is 4.79 Å². The molecule has 1 amide bonds. The molecule has 1 rings (SSSR count). The van der Waals surface area contributed by atoms with Crippen molar-refractivity contribution in [2.75, 3.05) is 13.1 Å². The fraction of sp³-hybridized carbons (Fsp3) is 0.833. The average Bonchev–Trinajstić information content (AvgIpc) is 2.63. The molecule has 98 valence electrons. The Labute approximate surface area is 102 Å². The van der Waals surface area contributed by atoms with E-state index in [1.54, 1.807) is 0 Å². The zero-order chi connectivity index (χ0) is 13.1. The van der Waals surface area contributed by atoms with E-state index in [0.717, 1.165) is 6.42 Å². The van der Waals surface area contributed by atoms with Gasteiger partial charge in [-0.3, -0.25) is 4.79 Å². The van der Waals surface area contributed by atoms with Gasteiger partial charge in [0.25, 0.3) is 0 Å². The molecule has 2 N–H and O–H groups in total. The Morgan fingerprint density at radius 2 is 2.06 bits per heavy atom. The number of aliphatic carboxylic acids is 1. The number of hydrogen-bond donors (Lipinski definition) is 2. The van der Waals surface area contributed by atoms with Crippen molar-refractivity contribution < 1.29 is 14.7 Å².